The first-order chi connectivity index (χ1) is 11.6. The number of para-hydroxylation sites is 1. The van der Waals surface area contributed by atoms with Crippen LogP contribution in [0.15, 0.2) is 36.5 Å². The highest BCUT2D eigenvalue weighted by Gasteiger charge is 2.25. The number of aryl methyl sites for hydroxylation is 1. The third-order valence-corrected chi connectivity index (χ3v) is 5.04. The topological polar surface area (TPSA) is 71.3 Å². The first-order valence-corrected chi connectivity index (χ1v) is 8.67. The highest BCUT2D eigenvalue weighted by atomic mass is 16.4. The first kappa shape index (κ1) is 16.6. The Bertz CT molecular complexity index is 714. The van der Waals surface area contributed by atoms with Crippen LogP contribution >= 0.6 is 0 Å². The Kier molecular flexibility index (Phi) is 5.18. The SMILES string of the molecule is O=C(CCn1ccc2ccccc21)NCC1CCC(C(=O)O)CC1. The van der Waals surface area contributed by atoms with Crippen LogP contribution in [0, 0.1) is 11.8 Å². The van der Waals surface area contributed by atoms with E-state index in [0.717, 1.165) is 31.2 Å². The van der Waals surface area contributed by atoms with Gasteiger partial charge in [0.25, 0.3) is 0 Å². The monoisotopic (exact) mass is 328 g/mol. The molecule has 1 fully saturated rings. The molecule has 5 nitrogen and oxygen atoms in total. The van der Waals surface area contributed by atoms with Gasteiger partial charge in [-0.3, -0.25) is 9.59 Å². The third kappa shape index (κ3) is 3.96. The number of carboxylic acid groups (broad SMARTS) is 1. The molecule has 1 aromatic heterocycles. The van der Waals surface area contributed by atoms with Gasteiger partial charge in [0.05, 0.1) is 5.92 Å². The molecular weight excluding hydrogens is 304 g/mol. The standard InChI is InChI=1S/C19H24N2O3/c22-18(20-13-14-5-7-16(8-6-14)19(23)24)10-12-21-11-9-15-3-1-2-4-17(15)21/h1-4,9,11,14,16H,5-8,10,12-13H2,(H,20,22)(H,23,24). The molecule has 0 unspecified atom stereocenters. The average molecular weight is 328 g/mol. The van der Waals surface area contributed by atoms with Crippen LogP contribution in [0.1, 0.15) is 32.1 Å². The molecule has 1 heterocycles. The molecule has 0 aliphatic heterocycles. The highest BCUT2D eigenvalue weighted by molar-refractivity contribution is 5.80. The zero-order valence-corrected chi connectivity index (χ0v) is 13.8. The molecule has 3 rings (SSSR count). The van der Waals surface area contributed by atoms with Crippen LogP contribution in [0.2, 0.25) is 0 Å². The molecule has 1 aliphatic carbocycles. The van der Waals surface area contributed by atoms with Gasteiger partial charge in [-0.05, 0) is 49.1 Å². The Labute approximate surface area is 141 Å². The van der Waals surface area contributed by atoms with Gasteiger partial charge in [0.2, 0.25) is 5.91 Å². The molecule has 2 aromatic rings. The number of hydrogen-bond donors (Lipinski definition) is 2. The van der Waals surface area contributed by atoms with Gasteiger partial charge in [-0.25, -0.2) is 0 Å². The largest absolute Gasteiger partial charge is 0.481 e. The van der Waals surface area contributed by atoms with Crippen molar-refractivity contribution in [1.82, 2.24) is 9.88 Å². The molecule has 128 valence electrons. The fraction of sp³-hybridized carbons (Fsp3) is 0.474. The molecule has 1 amide bonds. The number of hydrogen-bond acceptors (Lipinski definition) is 2. The summed E-state index contributed by atoms with van der Waals surface area (Å²) in [5, 5.41) is 13.2. The quantitative estimate of drug-likeness (QED) is 0.856. The summed E-state index contributed by atoms with van der Waals surface area (Å²) >= 11 is 0. The zero-order chi connectivity index (χ0) is 16.9. The van der Waals surface area contributed by atoms with Gasteiger partial charge >= 0.3 is 5.97 Å². The van der Waals surface area contributed by atoms with Gasteiger partial charge in [-0.2, -0.15) is 0 Å². The van der Waals surface area contributed by atoms with Crippen LogP contribution in [0.3, 0.4) is 0 Å². The first-order valence-electron chi connectivity index (χ1n) is 8.67. The summed E-state index contributed by atoms with van der Waals surface area (Å²) in [6.07, 6.45) is 5.71. The Balaban J connectivity index is 1.41. The lowest BCUT2D eigenvalue weighted by Gasteiger charge is -2.26. The number of rotatable bonds is 6. The second kappa shape index (κ2) is 7.51. The summed E-state index contributed by atoms with van der Waals surface area (Å²) < 4.78 is 2.10. The Hall–Kier alpha value is -2.30. The summed E-state index contributed by atoms with van der Waals surface area (Å²) in [6.45, 7) is 1.34. The zero-order valence-electron chi connectivity index (χ0n) is 13.8. The molecular formula is C19H24N2O3. The predicted octanol–water partition coefficient (Wildman–Crippen LogP) is 3.04. The molecule has 0 bridgehead atoms. The second-order valence-corrected chi connectivity index (χ2v) is 6.68. The number of benzene rings is 1. The molecule has 0 spiro atoms. The van der Waals surface area contributed by atoms with Crippen molar-refractivity contribution in [3.63, 3.8) is 0 Å². The molecule has 1 saturated carbocycles. The lowest BCUT2D eigenvalue weighted by molar-refractivity contribution is -0.143. The van der Waals surface area contributed by atoms with Crippen LogP contribution in [-0.4, -0.2) is 28.1 Å². The molecule has 0 saturated heterocycles. The molecule has 5 heteroatoms. The van der Waals surface area contributed by atoms with E-state index >= 15 is 0 Å². The number of carbonyl (C=O) groups excluding carboxylic acids is 1. The number of amides is 1. The Morgan fingerprint density at radius 3 is 2.62 bits per heavy atom. The van der Waals surface area contributed by atoms with Crippen LogP contribution < -0.4 is 5.32 Å². The van der Waals surface area contributed by atoms with E-state index in [0.29, 0.717) is 25.4 Å². The van der Waals surface area contributed by atoms with E-state index in [1.165, 1.54) is 5.39 Å². The van der Waals surface area contributed by atoms with Crippen molar-refractivity contribution >= 4 is 22.8 Å². The molecule has 2 N–H and O–H groups in total. The van der Waals surface area contributed by atoms with E-state index in [9.17, 15) is 9.59 Å². The molecule has 1 aliphatic rings. The normalized spacial score (nSPS) is 20.8. The van der Waals surface area contributed by atoms with Crippen molar-refractivity contribution in [2.75, 3.05) is 6.54 Å². The van der Waals surface area contributed by atoms with E-state index in [1.807, 2.05) is 18.3 Å². The molecule has 24 heavy (non-hydrogen) atoms. The fourth-order valence-corrected chi connectivity index (χ4v) is 3.52. The van der Waals surface area contributed by atoms with E-state index in [-0.39, 0.29) is 11.8 Å². The number of fused-ring (bicyclic) bond motifs is 1. The summed E-state index contributed by atoms with van der Waals surface area (Å²) in [5.74, 6) is -0.402. The maximum absolute atomic E-state index is 12.1. The highest BCUT2D eigenvalue weighted by Crippen LogP contribution is 2.28. The minimum atomic E-state index is -0.684. The van der Waals surface area contributed by atoms with Gasteiger partial charge < -0.3 is 15.0 Å². The molecule has 1 aromatic carbocycles. The number of carbonyl (C=O) groups is 2. The Morgan fingerprint density at radius 1 is 1.12 bits per heavy atom. The number of carboxylic acids is 1. The van der Waals surface area contributed by atoms with Gasteiger partial charge in [0.15, 0.2) is 0 Å². The summed E-state index contributed by atoms with van der Waals surface area (Å²) in [5.41, 5.74) is 1.15. The van der Waals surface area contributed by atoms with E-state index in [1.54, 1.807) is 0 Å². The van der Waals surface area contributed by atoms with Crippen molar-refractivity contribution in [2.45, 2.75) is 38.6 Å². The van der Waals surface area contributed by atoms with Crippen LogP contribution in [-0.2, 0) is 16.1 Å². The lowest BCUT2D eigenvalue weighted by atomic mass is 9.82. The summed E-state index contributed by atoms with van der Waals surface area (Å²) in [6, 6.07) is 10.2. The van der Waals surface area contributed by atoms with Crippen LogP contribution in [0.25, 0.3) is 10.9 Å². The smallest absolute Gasteiger partial charge is 0.306 e. The third-order valence-electron chi connectivity index (χ3n) is 5.04. The fourth-order valence-electron chi connectivity index (χ4n) is 3.52. The van der Waals surface area contributed by atoms with E-state index < -0.39 is 5.97 Å². The van der Waals surface area contributed by atoms with Crippen LogP contribution in [0.4, 0.5) is 0 Å². The number of nitrogens with one attached hydrogen (secondary N) is 1. The summed E-state index contributed by atoms with van der Waals surface area (Å²) in [4.78, 5) is 23.0. The van der Waals surface area contributed by atoms with Gasteiger partial charge in [-0.1, -0.05) is 18.2 Å². The van der Waals surface area contributed by atoms with E-state index in [2.05, 4.69) is 28.1 Å². The number of nitrogens with zero attached hydrogens (tertiary/aromatic N) is 1. The van der Waals surface area contributed by atoms with Gasteiger partial charge in [0.1, 0.15) is 0 Å². The van der Waals surface area contributed by atoms with Gasteiger partial charge in [0, 0.05) is 31.2 Å². The maximum atomic E-state index is 12.1. The molecule has 0 radical (unpaired) electrons. The number of aliphatic carboxylic acids is 1. The average Bonchev–Trinajstić information content (AvgIpc) is 3.01. The second-order valence-electron chi connectivity index (χ2n) is 6.68. The van der Waals surface area contributed by atoms with Crippen LogP contribution in [0.5, 0.6) is 0 Å². The van der Waals surface area contributed by atoms with Gasteiger partial charge in [-0.15, -0.1) is 0 Å². The Morgan fingerprint density at radius 2 is 1.88 bits per heavy atom. The minimum absolute atomic E-state index is 0.0631. The lowest BCUT2D eigenvalue weighted by Crippen LogP contribution is -2.32. The minimum Gasteiger partial charge on any atom is -0.481 e. The summed E-state index contributed by atoms with van der Waals surface area (Å²) in [7, 11) is 0. The van der Waals surface area contributed by atoms with Crippen molar-refractivity contribution in [3.05, 3.63) is 36.5 Å². The van der Waals surface area contributed by atoms with E-state index in [4.69, 9.17) is 5.11 Å². The van der Waals surface area contributed by atoms with Crippen molar-refractivity contribution in [2.24, 2.45) is 11.8 Å². The van der Waals surface area contributed by atoms with Crippen molar-refractivity contribution in [3.8, 4) is 0 Å². The van der Waals surface area contributed by atoms with Crippen molar-refractivity contribution in [1.29, 1.82) is 0 Å². The molecule has 0 atom stereocenters. The van der Waals surface area contributed by atoms with Crippen molar-refractivity contribution < 1.29 is 14.7 Å². The maximum Gasteiger partial charge on any atom is 0.306 e. The predicted molar refractivity (Wildman–Crippen MR) is 92.6 cm³/mol. The number of aromatic nitrogens is 1.